The fraction of sp³-hybridized carbons (Fsp3) is 1.00. The van der Waals surface area contributed by atoms with Gasteiger partial charge in [-0.2, -0.15) is 0 Å². The summed E-state index contributed by atoms with van der Waals surface area (Å²) >= 11 is 0. The van der Waals surface area contributed by atoms with E-state index >= 15 is 0 Å². The molecule has 2 heteroatoms. The van der Waals surface area contributed by atoms with Gasteiger partial charge in [-0.25, -0.2) is 0 Å². The lowest BCUT2D eigenvalue weighted by Crippen LogP contribution is -2.46. The average molecular weight is 228 g/mol. The summed E-state index contributed by atoms with van der Waals surface area (Å²) in [4.78, 5) is 0. The van der Waals surface area contributed by atoms with Crippen molar-refractivity contribution in [3.05, 3.63) is 0 Å². The van der Waals surface area contributed by atoms with Gasteiger partial charge in [-0.05, 0) is 38.9 Å². The van der Waals surface area contributed by atoms with Gasteiger partial charge in [0, 0.05) is 0 Å². The van der Waals surface area contributed by atoms with Crippen LogP contribution in [0, 0.1) is 0 Å². The molecule has 1 saturated heterocycles. The van der Waals surface area contributed by atoms with Crippen molar-refractivity contribution in [3.8, 4) is 0 Å². The Hall–Kier alpha value is 0.177. The second kappa shape index (κ2) is 5.49. The number of hydrogen-bond acceptors (Lipinski definition) is 1. The lowest BCUT2D eigenvalue weighted by atomic mass is 9.93. The lowest BCUT2D eigenvalue weighted by molar-refractivity contribution is 0.0418. The Morgan fingerprint density at radius 2 is 1.93 bits per heavy atom. The molecule has 0 aromatic carbocycles. The van der Waals surface area contributed by atoms with Crippen molar-refractivity contribution in [3.63, 3.8) is 0 Å². The van der Waals surface area contributed by atoms with Gasteiger partial charge in [0.05, 0.1) is 5.60 Å². The quantitative estimate of drug-likeness (QED) is 0.488. The smallest absolute Gasteiger partial charge is 0.187 e. The van der Waals surface area contributed by atoms with Crippen LogP contribution >= 0.6 is 0 Å². The highest BCUT2D eigenvalue weighted by molar-refractivity contribution is 6.71. The summed E-state index contributed by atoms with van der Waals surface area (Å²) in [5.41, 5.74) is 0.224. The largest absolute Gasteiger partial charge is 0.412 e. The molecule has 15 heavy (non-hydrogen) atoms. The average Bonchev–Trinajstić information content (AvgIpc) is 2.10. The molecule has 0 saturated carbocycles. The maximum absolute atomic E-state index is 6.38. The van der Waals surface area contributed by atoms with Gasteiger partial charge in [0.25, 0.3) is 0 Å². The molecular weight excluding hydrogens is 200 g/mol. The van der Waals surface area contributed by atoms with Crippen molar-refractivity contribution in [2.75, 3.05) is 0 Å². The van der Waals surface area contributed by atoms with E-state index in [4.69, 9.17) is 4.43 Å². The van der Waals surface area contributed by atoms with Crippen LogP contribution in [0.2, 0.25) is 19.1 Å². The van der Waals surface area contributed by atoms with Gasteiger partial charge < -0.3 is 4.43 Å². The van der Waals surface area contributed by atoms with E-state index in [9.17, 15) is 0 Å². The van der Waals surface area contributed by atoms with Crippen molar-refractivity contribution in [1.82, 2.24) is 0 Å². The van der Waals surface area contributed by atoms with Crippen LogP contribution in [0.15, 0.2) is 0 Å². The Kier molecular flexibility index (Phi) is 4.85. The van der Waals surface area contributed by atoms with Crippen molar-refractivity contribution in [2.24, 2.45) is 0 Å². The monoisotopic (exact) mass is 228 g/mol. The van der Waals surface area contributed by atoms with Crippen molar-refractivity contribution >= 4 is 8.32 Å². The number of rotatable bonds is 5. The zero-order chi connectivity index (χ0) is 11.4. The zero-order valence-corrected chi connectivity index (χ0v) is 12.1. The van der Waals surface area contributed by atoms with E-state index in [-0.39, 0.29) is 5.60 Å². The van der Waals surface area contributed by atoms with E-state index in [1.165, 1.54) is 51.0 Å². The minimum Gasteiger partial charge on any atom is -0.412 e. The third-order valence-electron chi connectivity index (χ3n) is 3.57. The van der Waals surface area contributed by atoms with Crippen molar-refractivity contribution in [1.29, 1.82) is 0 Å². The fourth-order valence-electron chi connectivity index (χ4n) is 2.76. The summed E-state index contributed by atoms with van der Waals surface area (Å²) < 4.78 is 6.38. The van der Waals surface area contributed by atoms with Gasteiger partial charge in [0.1, 0.15) is 0 Å². The summed E-state index contributed by atoms with van der Waals surface area (Å²) in [6, 6.07) is 1.36. The zero-order valence-electron chi connectivity index (χ0n) is 11.1. The van der Waals surface area contributed by atoms with Crippen LogP contribution in [0.4, 0.5) is 0 Å². The van der Waals surface area contributed by atoms with Crippen LogP contribution in [0.5, 0.6) is 0 Å². The summed E-state index contributed by atoms with van der Waals surface area (Å²) in [6.07, 6.45) is 9.42. The highest BCUT2D eigenvalue weighted by Gasteiger charge is 2.37. The molecule has 0 aromatic rings. The lowest BCUT2D eigenvalue weighted by Gasteiger charge is -2.43. The van der Waals surface area contributed by atoms with Crippen LogP contribution in [0.3, 0.4) is 0 Å². The highest BCUT2D eigenvalue weighted by atomic mass is 28.4. The molecule has 1 nitrogen and oxygen atoms in total. The Balaban J connectivity index is 2.31. The summed E-state index contributed by atoms with van der Waals surface area (Å²) in [5, 5.41) is 0. The Morgan fingerprint density at radius 3 is 2.53 bits per heavy atom. The first-order chi connectivity index (χ1) is 6.97. The first-order valence-corrected chi connectivity index (χ1v) is 9.79. The maximum Gasteiger partial charge on any atom is 0.187 e. The maximum atomic E-state index is 6.38. The highest BCUT2D eigenvalue weighted by Crippen LogP contribution is 2.36. The van der Waals surface area contributed by atoms with E-state index in [1.54, 1.807) is 0 Å². The van der Waals surface area contributed by atoms with Crippen molar-refractivity contribution in [2.45, 2.75) is 83.5 Å². The van der Waals surface area contributed by atoms with Crippen LogP contribution in [0.25, 0.3) is 0 Å². The molecule has 0 amide bonds. The molecule has 0 bridgehead atoms. The van der Waals surface area contributed by atoms with Gasteiger partial charge in [-0.1, -0.05) is 39.0 Å². The molecule has 1 aliphatic heterocycles. The van der Waals surface area contributed by atoms with Crippen LogP contribution in [0.1, 0.15) is 58.8 Å². The van der Waals surface area contributed by atoms with E-state index in [0.29, 0.717) is 0 Å². The molecule has 0 N–H and O–H groups in total. The van der Waals surface area contributed by atoms with E-state index < -0.39 is 8.32 Å². The topological polar surface area (TPSA) is 9.23 Å². The van der Waals surface area contributed by atoms with Gasteiger partial charge in [-0.15, -0.1) is 0 Å². The number of hydrogen-bond donors (Lipinski definition) is 0. The molecule has 0 aromatic heterocycles. The molecule has 0 spiro atoms. The van der Waals surface area contributed by atoms with E-state index in [1.807, 2.05) is 0 Å². The van der Waals surface area contributed by atoms with Crippen LogP contribution in [-0.4, -0.2) is 13.9 Å². The Labute approximate surface area is 96.7 Å². The molecule has 1 aliphatic rings. The van der Waals surface area contributed by atoms with E-state index in [2.05, 4.69) is 26.9 Å². The third kappa shape index (κ3) is 4.69. The van der Waals surface area contributed by atoms with Gasteiger partial charge in [-0.3, -0.25) is 0 Å². The Bertz CT molecular complexity index is 191. The molecule has 1 rings (SSSR count). The molecule has 90 valence electrons. The minimum absolute atomic E-state index is 0.224. The standard InChI is InChI=1S/C13H28OSi/c1-5-6-7-8-10-13(2)11-9-12-15(3,4)14-13/h5-12H2,1-4H3. The fourth-order valence-corrected chi connectivity index (χ4v) is 5.43. The van der Waals surface area contributed by atoms with Crippen LogP contribution < -0.4 is 0 Å². The first-order valence-electron chi connectivity index (χ1n) is 6.68. The molecule has 0 radical (unpaired) electrons. The van der Waals surface area contributed by atoms with Gasteiger partial charge in [0.2, 0.25) is 0 Å². The molecule has 1 unspecified atom stereocenters. The van der Waals surface area contributed by atoms with Gasteiger partial charge >= 0.3 is 0 Å². The van der Waals surface area contributed by atoms with E-state index in [0.717, 1.165) is 0 Å². The molecular formula is C13H28OSi. The minimum atomic E-state index is -1.29. The second-order valence-electron chi connectivity index (χ2n) is 5.98. The predicted molar refractivity (Wildman–Crippen MR) is 69.8 cm³/mol. The van der Waals surface area contributed by atoms with Crippen molar-refractivity contribution < 1.29 is 4.43 Å². The molecule has 1 atom stereocenters. The summed E-state index contributed by atoms with van der Waals surface area (Å²) in [5.74, 6) is 0. The molecule has 1 fully saturated rings. The Morgan fingerprint density at radius 1 is 1.20 bits per heavy atom. The predicted octanol–water partition coefficient (Wildman–Crippen LogP) is 4.73. The van der Waals surface area contributed by atoms with Gasteiger partial charge in [0.15, 0.2) is 8.32 Å². The SMILES string of the molecule is CCCCCCC1(C)CCC[Si](C)(C)O1. The molecule has 0 aliphatic carbocycles. The second-order valence-corrected chi connectivity index (χ2v) is 10.2. The summed E-state index contributed by atoms with van der Waals surface area (Å²) in [7, 11) is -1.29. The third-order valence-corrected chi connectivity index (χ3v) is 6.17. The normalized spacial score (nSPS) is 30.4. The van der Waals surface area contributed by atoms with Crippen LogP contribution in [-0.2, 0) is 4.43 Å². The molecule has 1 heterocycles. The first kappa shape index (κ1) is 13.2. The number of unbranched alkanes of at least 4 members (excludes halogenated alkanes) is 3. The summed E-state index contributed by atoms with van der Waals surface area (Å²) in [6.45, 7) is 9.36.